The van der Waals surface area contributed by atoms with Crippen LogP contribution in [0.3, 0.4) is 0 Å². The lowest BCUT2D eigenvalue weighted by Gasteiger charge is -2.14. The maximum absolute atomic E-state index is 11.3. The zero-order valence-corrected chi connectivity index (χ0v) is 13.4. The third-order valence-corrected chi connectivity index (χ3v) is 3.33. The van der Waals surface area contributed by atoms with E-state index < -0.39 is 4.92 Å². The number of carbonyl (C=O) groups excluding carboxylic acids is 1. The summed E-state index contributed by atoms with van der Waals surface area (Å²) < 4.78 is 5.75. The Hall–Kier alpha value is -2.60. The number of nitrogens with zero attached hydrogens (tertiary/aromatic N) is 1. The molecule has 0 heterocycles. The van der Waals surface area contributed by atoms with E-state index in [2.05, 4.69) is 5.32 Å². The van der Waals surface area contributed by atoms with Gasteiger partial charge in [0.15, 0.2) is 0 Å². The zero-order chi connectivity index (χ0) is 17.0. The molecule has 0 spiro atoms. The smallest absolute Gasteiger partial charge is 0.272 e. The van der Waals surface area contributed by atoms with Crippen LogP contribution in [0.15, 0.2) is 36.4 Å². The van der Waals surface area contributed by atoms with Gasteiger partial charge in [-0.25, -0.2) is 0 Å². The Balaban J connectivity index is 2.29. The van der Waals surface area contributed by atoms with Crippen molar-refractivity contribution in [3.05, 3.63) is 62.7 Å². The largest absolute Gasteiger partial charge is 0.486 e. The first-order valence-electron chi connectivity index (χ1n) is 6.80. The molecule has 0 aliphatic carbocycles. The topological polar surface area (TPSA) is 81.5 Å². The van der Waals surface area contributed by atoms with Crippen molar-refractivity contribution >= 4 is 28.9 Å². The first-order valence-corrected chi connectivity index (χ1v) is 7.18. The van der Waals surface area contributed by atoms with Crippen molar-refractivity contribution in [3.63, 3.8) is 0 Å². The summed E-state index contributed by atoms with van der Waals surface area (Å²) in [5.41, 5.74) is 1.63. The van der Waals surface area contributed by atoms with E-state index in [1.54, 1.807) is 19.1 Å². The highest BCUT2D eigenvalue weighted by Crippen LogP contribution is 2.34. The Bertz CT molecular complexity index is 744. The summed E-state index contributed by atoms with van der Waals surface area (Å²) in [6.45, 7) is 3.27. The van der Waals surface area contributed by atoms with Crippen LogP contribution in [-0.2, 0) is 11.4 Å². The van der Waals surface area contributed by atoms with Crippen molar-refractivity contribution in [2.24, 2.45) is 0 Å². The highest BCUT2D eigenvalue weighted by molar-refractivity contribution is 6.30. The van der Waals surface area contributed by atoms with E-state index in [0.29, 0.717) is 16.3 Å². The number of nitrogens with one attached hydrogen (secondary N) is 1. The Kier molecular flexibility index (Phi) is 5.18. The molecule has 6 nitrogen and oxygen atoms in total. The Morgan fingerprint density at radius 3 is 2.52 bits per heavy atom. The number of nitro benzene ring substituents is 1. The minimum absolute atomic E-state index is 0.106. The Labute approximate surface area is 138 Å². The van der Waals surface area contributed by atoms with Gasteiger partial charge in [0.05, 0.1) is 10.6 Å². The van der Waals surface area contributed by atoms with E-state index in [4.69, 9.17) is 16.3 Å². The minimum Gasteiger partial charge on any atom is -0.486 e. The maximum Gasteiger partial charge on any atom is 0.272 e. The number of non-ortho nitro benzene ring substituents is 1. The first-order chi connectivity index (χ1) is 10.9. The fourth-order valence-electron chi connectivity index (χ4n) is 2.07. The van der Waals surface area contributed by atoms with Crippen LogP contribution in [0.2, 0.25) is 5.02 Å². The number of hydrogen-bond acceptors (Lipinski definition) is 4. The second-order valence-corrected chi connectivity index (χ2v) is 5.43. The normalized spacial score (nSPS) is 10.2. The first kappa shape index (κ1) is 16.8. The SMILES string of the molecule is CC(=O)Nc1cc([N+](=O)[O-])cc(C)c1OCc1ccc(Cl)cc1. The van der Waals surface area contributed by atoms with E-state index in [0.717, 1.165) is 5.56 Å². The highest BCUT2D eigenvalue weighted by Gasteiger charge is 2.16. The molecule has 1 amide bonds. The lowest BCUT2D eigenvalue weighted by Crippen LogP contribution is -2.09. The molecule has 0 saturated heterocycles. The van der Waals surface area contributed by atoms with Crippen molar-refractivity contribution in [1.82, 2.24) is 0 Å². The van der Waals surface area contributed by atoms with Crippen molar-refractivity contribution < 1.29 is 14.5 Å². The van der Waals surface area contributed by atoms with Crippen molar-refractivity contribution in [2.45, 2.75) is 20.5 Å². The molecular formula is C16H15ClN2O4. The van der Waals surface area contributed by atoms with Gasteiger partial charge in [0.25, 0.3) is 5.69 Å². The molecule has 0 bridgehead atoms. The lowest BCUT2D eigenvalue weighted by atomic mass is 10.1. The number of anilines is 1. The second kappa shape index (κ2) is 7.11. The van der Waals surface area contributed by atoms with Crippen LogP contribution < -0.4 is 10.1 Å². The molecule has 7 heteroatoms. The molecule has 0 saturated carbocycles. The molecule has 2 aromatic rings. The van der Waals surface area contributed by atoms with E-state index in [1.165, 1.54) is 19.1 Å². The molecule has 0 aliphatic heterocycles. The molecule has 0 aliphatic rings. The van der Waals surface area contributed by atoms with Gasteiger partial charge in [-0.15, -0.1) is 0 Å². The second-order valence-electron chi connectivity index (χ2n) is 4.99. The summed E-state index contributed by atoms with van der Waals surface area (Å²) in [7, 11) is 0. The molecule has 0 radical (unpaired) electrons. The van der Waals surface area contributed by atoms with Crippen LogP contribution in [0.25, 0.3) is 0 Å². The summed E-state index contributed by atoms with van der Waals surface area (Å²) in [5.74, 6) is 0.0713. The number of carbonyl (C=O) groups is 1. The van der Waals surface area contributed by atoms with Gasteiger partial charge >= 0.3 is 0 Å². The Morgan fingerprint density at radius 1 is 1.30 bits per heavy atom. The summed E-state index contributed by atoms with van der Waals surface area (Å²) >= 11 is 5.83. The summed E-state index contributed by atoms with van der Waals surface area (Å²) in [4.78, 5) is 21.8. The molecular weight excluding hydrogens is 320 g/mol. The number of amides is 1. The van der Waals surface area contributed by atoms with Crippen molar-refractivity contribution in [2.75, 3.05) is 5.32 Å². The monoisotopic (exact) mass is 334 g/mol. The van der Waals surface area contributed by atoms with Gasteiger partial charge in [-0.05, 0) is 24.6 Å². The maximum atomic E-state index is 11.3. The molecule has 1 N–H and O–H groups in total. The molecule has 0 fully saturated rings. The molecule has 0 aromatic heterocycles. The summed E-state index contributed by atoms with van der Waals surface area (Å²) in [5, 5.41) is 14.1. The van der Waals surface area contributed by atoms with Gasteiger partial charge in [0.2, 0.25) is 5.91 Å². The van der Waals surface area contributed by atoms with Crippen LogP contribution in [0.1, 0.15) is 18.1 Å². The van der Waals surface area contributed by atoms with Crippen LogP contribution in [0.5, 0.6) is 5.75 Å². The third-order valence-electron chi connectivity index (χ3n) is 3.08. The predicted octanol–water partition coefficient (Wildman–Crippen LogP) is 4.09. The molecule has 23 heavy (non-hydrogen) atoms. The third kappa shape index (κ3) is 4.43. The molecule has 2 rings (SSSR count). The van der Waals surface area contributed by atoms with E-state index in [9.17, 15) is 14.9 Å². The summed E-state index contributed by atoms with van der Waals surface area (Å²) in [6, 6.07) is 9.83. The van der Waals surface area contributed by atoms with Gasteiger partial charge in [-0.3, -0.25) is 14.9 Å². The number of ether oxygens (including phenoxy) is 1. The number of rotatable bonds is 5. The molecule has 0 atom stereocenters. The Morgan fingerprint density at radius 2 is 1.96 bits per heavy atom. The van der Waals surface area contributed by atoms with Crippen LogP contribution in [-0.4, -0.2) is 10.8 Å². The standard InChI is InChI=1S/C16H15ClN2O4/c1-10-7-14(19(21)22)8-15(18-11(2)20)16(10)23-9-12-3-5-13(17)6-4-12/h3-8H,9H2,1-2H3,(H,18,20). The fraction of sp³-hybridized carbons (Fsp3) is 0.188. The van der Waals surface area contributed by atoms with Crippen LogP contribution in [0.4, 0.5) is 11.4 Å². The van der Waals surface area contributed by atoms with E-state index >= 15 is 0 Å². The number of hydrogen-bond donors (Lipinski definition) is 1. The average Bonchev–Trinajstić information content (AvgIpc) is 2.47. The zero-order valence-electron chi connectivity index (χ0n) is 12.6. The lowest BCUT2D eigenvalue weighted by molar-refractivity contribution is -0.384. The van der Waals surface area contributed by atoms with Gasteiger partial charge in [-0.1, -0.05) is 23.7 Å². The summed E-state index contributed by atoms with van der Waals surface area (Å²) in [6.07, 6.45) is 0. The number of halogens is 1. The van der Waals surface area contributed by atoms with Crippen molar-refractivity contribution in [1.29, 1.82) is 0 Å². The minimum atomic E-state index is -0.513. The van der Waals surface area contributed by atoms with Gasteiger partial charge in [-0.2, -0.15) is 0 Å². The highest BCUT2D eigenvalue weighted by atomic mass is 35.5. The van der Waals surface area contributed by atoms with Crippen molar-refractivity contribution in [3.8, 4) is 5.75 Å². The van der Waals surface area contributed by atoms with Gasteiger partial charge in [0, 0.05) is 29.6 Å². The van der Waals surface area contributed by atoms with Crippen LogP contribution in [0, 0.1) is 17.0 Å². The quantitative estimate of drug-likeness (QED) is 0.659. The van der Waals surface area contributed by atoms with E-state index in [1.807, 2.05) is 12.1 Å². The number of nitro groups is 1. The number of benzene rings is 2. The number of aryl methyl sites for hydroxylation is 1. The average molecular weight is 335 g/mol. The molecule has 2 aromatic carbocycles. The fourth-order valence-corrected chi connectivity index (χ4v) is 2.20. The molecule has 120 valence electrons. The predicted molar refractivity (Wildman–Crippen MR) is 87.9 cm³/mol. The van der Waals surface area contributed by atoms with Gasteiger partial charge < -0.3 is 10.1 Å². The molecule has 0 unspecified atom stereocenters. The van der Waals surface area contributed by atoms with Gasteiger partial charge in [0.1, 0.15) is 12.4 Å². The van der Waals surface area contributed by atoms with E-state index in [-0.39, 0.29) is 23.9 Å². The van der Waals surface area contributed by atoms with Crippen LogP contribution >= 0.6 is 11.6 Å².